The van der Waals surface area contributed by atoms with E-state index in [2.05, 4.69) is 19.1 Å². The number of nitrogens with zero attached hydrogens (tertiary/aromatic N) is 1. The lowest BCUT2D eigenvalue weighted by Gasteiger charge is -2.39. The number of carboxylic acid groups (broad SMARTS) is 1. The molecule has 2 saturated heterocycles. The third kappa shape index (κ3) is 4.87. The highest BCUT2D eigenvalue weighted by molar-refractivity contribution is 7.91. The van der Waals surface area contributed by atoms with Gasteiger partial charge in [0.2, 0.25) is 10.0 Å². The van der Waals surface area contributed by atoms with Gasteiger partial charge in [-0.25, -0.2) is 12.7 Å². The molecule has 0 radical (unpaired) electrons. The maximum absolute atomic E-state index is 13.0. The second-order valence-corrected chi connectivity index (χ2v) is 9.68. The van der Waals surface area contributed by atoms with E-state index in [-0.39, 0.29) is 26.1 Å². The number of sulfonamides is 1. The number of hydrogen-bond acceptors (Lipinski definition) is 4. The summed E-state index contributed by atoms with van der Waals surface area (Å²) < 4.78 is 31.0. The Morgan fingerprint density at radius 1 is 1.19 bits per heavy atom. The summed E-state index contributed by atoms with van der Waals surface area (Å²) in [7, 11) is -3.88. The SMILES string of the molecule is CCCCCCC=CC1CCN(S(=O)(=O)C2(C(=O)O)CCOCC2)CC1. The molecule has 0 aromatic rings. The zero-order chi connectivity index (χ0) is 19.0. The average molecular weight is 388 g/mol. The van der Waals surface area contributed by atoms with Gasteiger partial charge in [0.05, 0.1) is 0 Å². The number of unbranched alkanes of at least 4 members (excludes halogenated alkanes) is 4. The molecule has 6 nitrogen and oxygen atoms in total. The van der Waals surface area contributed by atoms with Gasteiger partial charge in [0, 0.05) is 39.1 Å². The highest BCUT2D eigenvalue weighted by Crippen LogP contribution is 2.35. The summed E-state index contributed by atoms with van der Waals surface area (Å²) in [5, 5.41) is 9.64. The zero-order valence-corrected chi connectivity index (χ0v) is 16.7. The van der Waals surface area contributed by atoms with Crippen molar-refractivity contribution in [3.63, 3.8) is 0 Å². The average Bonchev–Trinajstić information content (AvgIpc) is 2.65. The number of piperidine rings is 1. The van der Waals surface area contributed by atoms with Crippen molar-refractivity contribution < 1.29 is 23.1 Å². The van der Waals surface area contributed by atoms with Crippen LogP contribution < -0.4 is 0 Å². The van der Waals surface area contributed by atoms with E-state index in [1.54, 1.807) is 0 Å². The fraction of sp³-hybridized carbons (Fsp3) is 0.842. The van der Waals surface area contributed by atoms with Crippen molar-refractivity contribution in [3.8, 4) is 0 Å². The quantitative estimate of drug-likeness (QED) is 0.485. The van der Waals surface area contributed by atoms with E-state index in [9.17, 15) is 18.3 Å². The maximum atomic E-state index is 13.0. The second-order valence-electron chi connectivity index (χ2n) is 7.43. The zero-order valence-electron chi connectivity index (χ0n) is 15.9. The van der Waals surface area contributed by atoms with Gasteiger partial charge < -0.3 is 9.84 Å². The molecule has 0 aromatic heterocycles. The van der Waals surface area contributed by atoms with Gasteiger partial charge in [-0.15, -0.1) is 0 Å². The molecule has 0 saturated carbocycles. The standard InChI is InChI=1S/C19H33NO5S/c1-2-3-4-5-6-7-8-17-9-13-20(14-10-17)26(23,24)19(18(21)22)11-15-25-16-12-19/h7-8,17H,2-6,9-16H2,1H3,(H,21,22). The summed E-state index contributed by atoms with van der Waals surface area (Å²) in [5.41, 5.74) is 0. The van der Waals surface area contributed by atoms with Crippen molar-refractivity contribution in [2.45, 2.75) is 69.5 Å². The summed E-state index contributed by atoms with van der Waals surface area (Å²) in [4.78, 5) is 11.8. The van der Waals surface area contributed by atoms with E-state index in [0.29, 0.717) is 19.0 Å². The number of carbonyl (C=O) groups is 1. The van der Waals surface area contributed by atoms with E-state index >= 15 is 0 Å². The molecule has 0 atom stereocenters. The maximum Gasteiger partial charge on any atom is 0.326 e. The van der Waals surface area contributed by atoms with E-state index in [4.69, 9.17) is 4.74 Å². The van der Waals surface area contributed by atoms with E-state index in [0.717, 1.165) is 19.3 Å². The van der Waals surface area contributed by atoms with Crippen LogP contribution >= 0.6 is 0 Å². The lowest BCUT2D eigenvalue weighted by atomic mass is 9.97. The van der Waals surface area contributed by atoms with Gasteiger partial charge in [-0.1, -0.05) is 38.3 Å². The van der Waals surface area contributed by atoms with Crippen LogP contribution in [0.15, 0.2) is 12.2 Å². The molecule has 2 fully saturated rings. The fourth-order valence-electron chi connectivity index (χ4n) is 3.82. The van der Waals surface area contributed by atoms with Crippen LogP contribution in [-0.2, 0) is 19.6 Å². The van der Waals surface area contributed by atoms with Crippen LogP contribution in [0.5, 0.6) is 0 Å². The molecule has 150 valence electrons. The van der Waals surface area contributed by atoms with Crippen molar-refractivity contribution in [3.05, 3.63) is 12.2 Å². The highest BCUT2D eigenvalue weighted by atomic mass is 32.2. The Balaban J connectivity index is 1.89. The molecule has 2 rings (SSSR count). The Morgan fingerprint density at radius 2 is 1.85 bits per heavy atom. The monoisotopic (exact) mass is 387 g/mol. The van der Waals surface area contributed by atoms with E-state index in [1.165, 1.54) is 30.0 Å². The Labute approximate surface area is 157 Å². The van der Waals surface area contributed by atoms with Gasteiger partial charge in [-0.05, 0) is 31.6 Å². The number of allylic oxidation sites excluding steroid dienone is 2. The van der Waals surface area contributed by atoms with Gasteiger partial charge >= 0.3 is 5.97 Å². The van der Waals surface area contributed by atoms with Crippen LogP contribution in [0.4, 0.5) is 0 Å². The third-order valence-electron chi connectivity index (χ3n) is 5.66. The summed E-state index contributed by atoms with van der Waals surface area (Å²) in [5.74, 6) is -0.849. The minimum Gasteiger partial charge on any atom is -0.480 e. The summed E-state index contributed by atoms with van der Waals surface area (Å²) in [6.07, 6.45) is 12.1. The molecule has 0 unspecified atom stereocenters. The van der Waals surface area contributed by atoms with E-state index in [1.807, 2.05) is 0 Å². The van der Waals surface area contributed by atoms with Gasteiger partial charge in [-0.3, -0.25) is 4.79 Å². The third-order valence-corrected chi connectivity index (χ3v) is 8.27. The molecule has 26 heavy (non-hydrogen) atoms. The van der Waals surface area contributed by atoms with Gasteiger partial charge in [0.25, 0.3) is 0 Å². The predicted molar refractivity (Wildman–Crippen MR) is 102 cm³/mol. The highest BCUT2D eigenvalue weighted by Gasteiger charge is 2.54. The predicted octanol–water partition coefficient (Wildman–Crippen LogP) is 3.19. The normalized spacial score (nSPS) is 22.7. The first-order chi connectivity index (χ1) is 12.4. The van der Waals surface area contributed by atoms with Crippen LogP contribution in [-0.4, -0.2) is 54.8 Å². The second kappa shape index (κ2) is 9.85. The van der Waals surface area contributed by atoms with Crippen molar-refractivity contribution in [1.82, 2.24) is 4.31 Å². The Bertz CT molecular complexity index is 573. The molecule has 0 spiro atoms. The van der Waals surface area contributed by atoms with Crippen LogP contribution in [0.3, 0.4) is 0 Å². The summed E-state index contributed by atoms with van der Waals surface area (Å²) in [6, 6.07) is 0. The molecule has 1 N–H and O–H groups in total. The van der Waals surface area contributed by atoms with Crippen molar-refractivity contribution in [2.75, 3.05) is 26.3 Å². The summed E-state index contributed by atoms with van der Waals surface area (Å²) in [6.45, 7) is 3.38. The van der Waals surface area contributed by atoms with Gasteiger partial charge in [0.15, 0.2) is 4.75 Å². The van der Waals surface area contributed by atoms with E-state index < -0.39 is 20.7 Å². The topological polar surface area (TPSA) is 83.9 Å². The van der Waals surface area contributed by atoms with Crippen LogP contribution in [0.1, 0.15) is 64.7 Å². The molecule has 2 aliphatic heterocycles. The van der Waals surface area contributed by atoms with Gasteiger partial charge in [0.1, 0.15) is 0 Å². The molecule has 0 aliphatic carbocycles. The largest absolute Gasteiger partial charge is 0.480 e. The molecule has 2 aliphatic rings. The van der Waals surface area contributed by atoms with Gasteiger partial charge in [-0.2, -0.15) is 0 Å². The number of rotatable bonds is 9. The van der Waals surface area contributed by atoms with Crippen molar-refractivity contribution >= 4 is 16.0 Å². The van der Waals surface area contributed by atoms with Crippen LogP contribution in [0.2, 0.25) is 0 Å². The molecular formula is C19H33NO5S. The number of aliphatic carboxylic acids is 1. The molecule has 0 amide bonds. The molecule has 0 aromatic carbocycles. The Morgan fingerprint density at radius 3 is 2.42 bits per heavy atom. The first-order valence-corrected chi connectivity index (χ1v) is 11.4. The molecule has 2 heterocycles. The number of ether oxygens (including phenoxy) is 1. The number of hydrogen-bond donors (Lipinski definition) is 1. The molecule has 0 bridgehead atoms. The van der Waals surface area contributed by atoms with Crippen LogP contribution in [0.25, 0.3) is 0 Å². The Hall–Kier alpha value is -0.920. The van der Waals surface area contributed by atoms with Crippen LogP contribution in [0, 0.1) is 5.92 Å². The molecule has 7 heteroatoms. The first-order valence-electron chi connectivity index (χ1n) is 9.91. The van der Waals surface area contributed by atoms with Crippen molar-refractivity contribution in [1.29, 1.82) is 0 Å². The molecular weight excluding hydrogens is 354 g/mol. The van der Waals surface area contributed by atoms with Crippen molar-refractivity contribution in [2.24, 2.45) is 5.92 Å². The first kappa shape index (κ1) is 21.4. The lowest BCUT2D eigenvalue weighted by molar-refractivity contribution is -0.142. The smallest absolute Gasteiger partial charge is 0.326 e. The minimum atomic E-state index is -3.88. The fourth-order valence-corrected chi connectivity index (χ4v) is 5.91. The lowest BCUT2D eigenvalue weighted by Crippen LogP contribution is -2.57. The summed E-state index contributed by atoms with van der Waals surface area (Å²) >= 11 is 0. The minimum absolute atomic E-state index is 0.0300. The Kier molecular flexibility index (Phi) is 8.10. The number of carboxylic acids is 1.